The maximum Gasteiger partial charge on any atom is 0.211 e. The summed E-state index contributed by atoms with van der Waals surface area (Å²) in [5.41, 5.74) is 0. The Morgan fingerprint density at radius 1 is 1.47 bits per heavy atom. The minimum Gasteiger partial charge on any atom is -0.395 e. The third-order valence-corrected chi connectivity index (χ3v) is 4.30. The summed E-state index contributed by atoms with van der Waals surface area (Å²) < 4.78 is 25.0. The van der Waals surface area contributed by atoms with E-state index in [1.807, 2.05) is 12.1 Å². The van der Waals surface area contributed by atoms with Crippen LogP contribution in [0.5, 0.6) is 0 Å². The van der Waals surface area contributed by atoms with Gasteiger partial charge in [0.1, 0.15) is 0 Å². The molecule has 17 heavy (non-hydrogen) atoms. The van der Waals surface area contributed by atoms with Crippen LogP contribution in [0.25, 0.3) is 0 Å². The molecule has 0 aliphatic carbocycles. The highest BCUT2D eigenvalue weighted by molar-refractivity contribution is 7.89. The molecule has 0 atom stereocenters. The molecule has 1 aromatic rings. The average molecular weight is 273 g/mol. The van der Waals surface area contributed by atoms with E-state index in [0.29, 0.717) is 13.0 Å². The van der Waals surface area contributed by atoms with E-state index in [-0.39, 0.29) is 12.4 Å². The van der Waals surface area contributed by atoms with Crippen molar-refractivity contribution in [2.75, 3.05) is 12.4 Å². The Labute approximate surface area is 106 Å². The van der Waals surface area contributed by atoms with Gasteiger partial charge in [-0.25, -0.2) is 13.1 Å². The molecule has 2 N–H and O–H groups in total. The van der Waals surface area contributed by atoms with Gasteiger partial charge in [0.25, 0.3) is 0 Å². The van der Waals surface area contributed by atoms with Crippen molar-refractivity contribution in [2.45, 2.75) is 19.9 Å². The predicted octanol–water partition coefficient (Wildman–Crippen LogP) is 0.921. The van der Waals surface area contributed by atoms with E-state index in [1.54, 1.807) is 6.92 Å². The van der Waals surface area contributed by atoms with Crippen LogP contribution >= 0.6 is 11.3 Å². The summed E-state index contributed by atoms with van der Waals surface area (Å²) in [5, 5.41) is 8.57. The van der Waals surface area contributed by atoms with Gasteiger partial charge in [-0.15, -0.1) is 11.3 Å². The summed E-state index contributed by atoms with van der Waals surface area (Å²) in [5.74, 6) is 5.81. The van der Waals surface area contributed by atoms with Crippen molar-refractivity contribution in [3.63, 3.8) is 0 Å². The lowest BCUT2D eigenvalue weighted by molar-refractivity contribution is 0.305. The van der Waals surface area contributed by atoms with E-state index in [0.717, 1.165) is 9.75 Å². The van der Waals surface area contributed by atoms with E-state index in [4.69, 9.17) is 5.11 Å². The molecule has 0 unspecified atom stereocenters. The molecule has 0 radical (unpaired) electrons. The van der Waals surface area contributed by atoms with Crippen molar-refractivity contribution in [3.8, 4) is 11.8 Å². The molecule has 0 aliphatic rings. The molecule has 1 rings (SSSR count). The average Bonchev–Trinajstić information content (AvgIpc) is 2.75. The second-order valence-electron chi connectivity index (χ2n) is 3.27. The molecule has 94 valence electrons. The number of rotatable bonds is 5. The molecule has 0 bridgehead atoms. The SMILES string of the molecule is CCS(=O)(=O)NCc1ccc(C#CCCO)s1. The molecule has 4 nitrogen and oxygen atoms in total. The lowest BCUT2D eigenvalue weighted by Crippen LogP contribution is -2.24. The van der Waals surface area contributed by atoms with Gasteiger partial charge in [-0.05, 0) is 19.1 Å². The van der Waals surface area contributed by atoms with Crippen LogP contribution in [0.15, 0.2) is 12.1 Å². The largest absolute Gasteiger partial charge is 0.395 e. The van der Waals surface area contributed by atoms with Gasteiger partial charge in [-0.1, -0.05) is 11.8 Å². The van der Waals surface area contributed by atoms with E-state index in [2.05, 4.69) is 16.6 Å². The van der Waals surface area contributed by atoms with Gasteiger partial charge in [0.15, 0.2) is 0 Å². The van der Waals surface area contributed by atoms with Gasteiger partial charge < -0.3 is 5.11 Å². The van der Waals surface area contributed by atoms with Crippen LogP contribution in [0.2, 0.25) is 0 Å². The Bertz CT molecular complexity index is 508. The van der Waals surface area contributed by atoms with Crippen LogP contribution in [0.4, 0.5) is 0 Å². The van der Waals surface area contributed by atoms with Crippen LogP contribution in [0.3, 0.4) is 0 Å². The van der Waals surface area contributed by atoms with Crippen molar-refractivity contribution in [2.24, 2.45) is 0 Å². The van der Waals surface area contributed by atoms with Gasteiger partial charge in [0.2, 0.25) is 10.0 Å². The van der Waals surface area contributed by atoms with Crippen LogP contribution in [-0.4, -0.2) is 25.9 Å². The molecule has 0 spiro atoms. The van der Waals surface area contributed by atoms with Gasteiger partial charge >= 0.3 is 0 Å². The Balaban J connectivity index is 2.55. The fourth-order valence-corrected chi connectivity index (χ4v) is 2.52. The molecule has 0 saturated heterocycles. The lowest BCUT2D eigenvalue weighted by Gasteiger charge is -2.01. The molecular weight excluding hydrogens is 258 g/mol. The third-order valence-electron chi connectivity index (χ3n) is 1.96. The second kappa shape index (κ2) is 6.77. The molecule has 0 aromatic carbocycles. The van der Waals surface area contributed by atoms with Gasteiger partial charge in [0.05, 0.1) is 17.2 Å². The van der Waals surface area contributed by atoms with Crippen LogP contribution in [-0.2, 0) is 16.6 Å². The first-order valence-electron chi connectivity index (χ1n) is 5.23. The first-order chi connectivity index (χ1) is 8.07. The van der Waals surface area contributed by atoms with Crippen LogP contribution in [0, 0.1) is 11.8 Å². The van der Waals surface area contributed by atoms with Crippen molar-refractivity contribution < 1.29 is 13.5 Å². The van der Waals surface area contributed by atoms with E-state index < -0.39 is 10.0 Å². The summed E-state index contributed by atoms with van der Waals surface area (Å²) in [6.45, 7) is 1.96. The third kappa shape index (κ3) is 5.33. The first kappa shape index (κ1) is 14.2. The molecule has 6 heteroatoms. The zero-order chi connectivity index (χ0) is 12.7. The highest BCUT2D eigenvalue weighted by Gasteiger charge is 2.06. The normalized spacial score (nSPS) is 10.9. The Morgan fingerprint density at radius 2 is 2.24 bits per heavy atom. The van der Waals surface area contributed by atoms with Crippen LogP contribution < -0.4 is 4.72 Å². The van der Waals surface area contributed by atoms with E-state index in [1.165, 1.54) is 11.3 Å². The van der Waals surface area contributed by atoms with Crippen molar-refractivity contribution in [3.05, 3.63) is 21.9 Å². The summed E-state index contributed by atoms with van der Waals surface area (Å²) in [7, 11) is -3.14. The molecule has 1 aromatic heterocycles. The minimum atomic E-state index is -3.14. The summed E-state index contributed by atoms with van der Waals surface area (Å²) in [6, 6.07) is 3.70. The lowest BCUT2D eigenvalue weighted by atomic mass is 10.4. The number of hydrogen-bond acceptors (Lipinski definition) is 4. The standard InChI is InChI=1S/C11H15NO3S2/c1-2-17(14,15)12-9-11-7-6-10(16-11)5-3-4-8-13/h6-7,12-13H,2,4,8-9H2,1H3. The molecule has 0 fully saturated rings. The number of thiophene rings is 1. The maximum absolute atomic E-state index is 11.2. The highest BCUT2D eigenvalue weighted by atomic mass is 32.2. The maximum atomic E-state index is 11.2. The number of sulfonamides is 1. The van der Waals surface area contributed by atoms with Crippen molar-refractivity contribution in [1.29, 1.82) is 0 Å². The molecule has 0 aliphatic heterocycles. The van der Waals surface area contributed by atoms with Gasteiger partial charge in [-0.3, -0.25) is 0 Å². The fourth-order valence-electron chi connectivity index (χ4n) is 1.03. The topological polar surface area (TPSA) is 66.4 Å². The number of aliphatic hydroxyl groups is 1. The minimum absolute atomic E-state index is 0.0571. The number of aliphatic hydroxyl groups excluding tert-OH is 1. The van der Waals surface area contributed by atoms with E-state index in [9.17, 15) is 8.42 Å². The Kier molecular flexibility index (Phi) is 5.65. The summed E-state index contributed by atoms with van der Waals surface area (Å²) in [4.78, 5) is 1.81. The Morgan fingerprint density at radius 3 is 2.88 bits per heavy atom. The molecular formula is C11H15NO3S2. The first-order valence-corrected chi connectivity index (χ1v) is 7.70. The Hall–Kier alpha value is -0.870. The smallest absolute Gasteiger partial charge is 0.211 e. The predicted molar refractivity (Wildman–Crippen MR) is 69.2 cm³/mol. The van der Waals surface area contributed by atoms with Crippen LogP contribution in [0.1, 0.15) is 23.1 Å². The zero-order valence-electron chi connectivity index (χ0n) is 9.56. The summed E-state index contributed by atoms with van der Waals surface area (Å²) >= 11 is 1.45. The van der Waals surface area contributed by atoms with Crippen molar-refractivity contribution >= 4 is 21.4 Å². The van der Waals surface area contributed by atoms with E-state index >= 15 is 0 Å². The molecule has 1 heterocycles. The van der Waals surface area contributed by atoms with Crippen molar-refractivity contribution in [1.82, 2.24) is 4.72 Å². The zero-order valence-corrected chi connectivity index (χ0v) is 11.2. The highest BCUT2D eigenvalue weighted by Crippen LogP contribution is 2.15. The number of hydrogen-bond donors (Lipinski definition) is 2. The quantitative estimate of drug-likeness (QED) is 0.784. The fraction of sp³-hybridized carbons (Fsp3) is 0.455. The number of nitrogens with one attached hydrogen (secondary N) is 1. The van der Waals surface area contributed by atoms with Gasteiger partial charge in [0, 0.05) is 17.8 Å². The monoisotopic (exact) mass is 273 g/mol. The second-order valence-corrected chi connectivity index (χ2v) is 6.53. The molecule has 0 saturated carbocycles. The summed E-state index contributed by atoms with van der Waals surface area (Å²) in [6.07, 6.45) is 0.454. The van der Waals surface area contributed by atoms with Gasteiger partial charge in [-0.2, -0.15) is 0 Å². The molecule has 0 amide bonds.